The monoisotopic (exact) mass is 141 g/mol. The SMILES string of the molecule is C[CH]CS(=O)(=O)Cl. The van der Waals surface area contributed by atoms with E-state index in [0.29, 0.717) is 0 Å². The maximum absolute atomic E-state index is 9.97. The highest BCUT2D eigenvalue weighted by Crippen LogP contribution is 1.95. The molecular weight excluding hydrogens is 136 g/mol. The van der Waals surface area contributed by atoms with E-state index in [0.717, 1.165) is 0 Å². The molecule has 0 heterocycles. The summed E-state index contributed by atoms with van der Waals surface area (Å²) in [6.45, 7) is 1.64. The molecule has 0 bridgehead atoms. The van der Waals surface area contributed by atoms with Crippen molar-refractivity contribution in [2.24, 2.45) is 0 Å². The largest absolute Gasteiger partial charge is 0.232 e. The number of rotatable bonds is 2. The summed E-state index contributed by atoms with van der Waals surface area (Å²) in [5.41, 5.74) is 0. The molecule has 4 heteroatoms. The highest BCUT2D eigenvalue weighted by atomic mass is 35.7. The zero-order chi connectivity index (χ0) is 5.91. The molecule has 1 radical (unpaired) electrons. The standard InChI is InChI=1S/C3H6ClO2S/c1-2-3-7(4,5)6/h2H,3H2,1H3. The van der Waals surface area contributed by atoms with Gasteiger partial charge in [-0.25, -0.2) is 8.42 Å². The normalized spacial score (nSPS) is 11.7. The van der Waals surface area contributed by atoms with Crippen LogP contribution in [0.1, 0.15) is 6.92 Å². The summed E-state index contributed by atoms with van der Waals surface area (Å²) in [6, 6.07) is 0. The van der Waals surface area contributed by atoms with Crippen molar-refractivity contribution in [3.63, 3.8) is 0 Å². The number of hydrogen-bond donors (Lipinski definition) is 0. The Kier molecular flexibility index (Phi) is 2.61. The van der Waals surface area contributed by atoms with Gasteiger partial charge in [0.2, 0.25) is 9.05 Å². The molecule has 0 atom stereocenters. The van der Waals surface area contributed by atoms with Gasteiger partial charge >= 0.3 is 0 Å². The first-order chi connectivity index (χ1) is 3.06. The van der Waals surface area contributed by atoms with E-state index in [1.54, 1.807) is 6.92 Å². The van der Waals surface area contributed by atoms with Crippen LogP contribution >= 0.6 is 10.7 Å². The van der Waals surface area contributed by atoms with Crippen LogP contribution in [0, 0.1) is 6.42 Å². The predicted octanol–water partition coefficient (Wildman–Crippen LogP) is 0.779. The van der Waals surface area contributed by atoms with Crippen LogP contribution < -0.4 is 0 Å². The first-order valence-electron chi connectivity index (χ1n) is 1.76. The van der Waals surface area contributed by atoms with Gasteiger partial charge in [-0.2, -0.15) is 0 Å². The minimum Gasteiger partial charge on any atom is -0.212 e. The van der Waals surface area contributed by atoms with Gasteiger partial charge in [-0.3, -0.25) is 0 Å². The van der Waals surface area contributed by atoms with E-state index in [1.165, 1.54) is 6.42 Å². The highest BCUT2D eigenvalue weighted by molar-refractivity contribution is 8.13. The maximum atomic E-state index is 9.97. The fourth-order valence-electron chi connectivity index (χ4n) is 0.199. The third kappa shape index (κ3) is 6.24. The summed E-state index contributed by atoms with van der Waals surface area (Å²) < 4.78 is 19.9. The molecule has 0 spiro atoms. The van der Waals surface area contributed by atoms with Crippen LogP contribution in [0.25, 0.3) is 0 Å². The van der Waals surface area contributed by atoms with E-state index >= 15 is 0 Å². The summed E-state index contributed by atoms with van der Waals surface area (Å²) in [6.07, 6.45) is 1.49. The second-order valence-electron chi connectivity index (χ2n) is 1.11. The van der Waals surface area contributed by atoms with Crippen molar-refractivity contribution in [3.8, 4) is 0 Å². The van der Waals surface area contributed by atoms with Crippen molar-refractivity contribution in [1.29, 1.82) is 0 Å². The van der Waals surface area contributed by atoms with E-state index in [1.807, 2.05) is 0 Å². The van der Waals surface area contributed by atoms with Gasteiger partial charge in [0.25, 0.3) is 0 Å². The van der Waals surface area contributed by atoms with Gasteiger partial charge in [-0.05, 0) is 6.42 Å². The van der Waals surface area contributed by atoms with E-state index in [4.69, 9.17) is 10.7 Å². The minimum absolute atomic E-state index is 0.0471. The zero-order valence-corrected chi connectivity index (χ0v) is 5.46. The molecule has 0 aromatic rings. The summed E-state index contributed by atoms with van der Waals surface area (Å²) in [7, 11) is 1.52. The Morgan fingerprint density at radius 3 is 2.14 bits per heavy atom. The van der Waals surface area contributed by atoms with E-state index in [-0.39, 0.29) is 5.75 Å². The van der Waals surface area contributed by atoms with Crippen LogP contribution in [0.15, 0.2) is 0 Å². The summed E-state index contributed by atoms with van der Waals surface area (Å²) in [4.78, 5) is 0. The third-order valence-corrected chi connectivity index (χ3v) is 1.48. The Morgan fingerprint density at radius 1 is 1.71 bits per heavy atom. The van der Waals surface area contributed by atoms with Crippen molar-refractivity contribution < 1.29 is 8.42 Å². The van der Waals surface area contributed by atoms with Gasteiger partial charge in [0.05, 0.1) is 5.75 Å². The smallest absolute Gasteiger partial charge is 0.212 e. The Bertz CT molecular complexity index is 126. The quantitative estimate of drug-likeness (QED) is 0.533. The summed E-state index contributed by atoms with van der Waals surface area (Å²) in [5.74, 6) is -0.0471. The van der Waals surface area contributed by atoms with Crippen molar-refractivity contribution in [2.45, 2.75) is 6.92 Å². The minimum atomic E-state index is -3.26. The zero-order valence-electron chi connectivity index (χ0n) is 3.89. The molecule has 0 aliphatic heterocycles. The van der Waals surface area contributed by atoms with Crippen LogP contribution in [-0.4, -0.2) is 14.2 Å². The molecule has 0 unspecified atom stereocenters. The number of halogens is 1. The van der Waals surface area contributed by atoms with E-state index < -0.39 is 9.05 Å². The molecule has 0 amide bonds. The Balaban J connectivity index is 3.60. The first kappa shape index (κ1) is 7.24. The van der Waals surface area contributed by atoms with Crippen LogP contribution in [0.3, 0.4) is 0 Å². The lowest BCUT2D eigenvalue weighted by Crippen LogP contribution is -1.93. The molecular formula is C3H6ClO2S. The van der Waals surface area contributed by atoms with Crippen molar-refractivity contribution in [3.05, 3.63) is 6.42 Å². The van der Waals surface area contributed by atoms with Gasteiger partial charge in [-0.15, -0.1) is 0 Å². The molecule has 0 rings (SSSR count). The second kappa shape index (κ2) is 2.52. The topological polar surface area (TPSA) is 34.1 Å². The summed E-state index contributed by atoms with van der Waals surface area (Å²) >= 11 is 0. The van der Waals surface area contributed by atoms with Gasteiger partial charge < -0.3 is 0 Å². The lowest BCUT2D eigenvalue weighted by Gasteiger charge is -1.83. The average Bonchev–Trinajstić information content (AvgIpc) is 1.30. The molecule has 7 heavy (non-hydrogen) atoms. The van der Waals surface area contributed by atoms with E-state index in [2.05, 4.69) is 0 Å². The van der Waals surface area contributed by atoms with Crippen LogP contribution in [0.5, 0.6) is 0 Å². The van der Waals surface area contributed by atoms with E-state index in [9.17, 15) is 8.42 Å². The lowest BCUT2D eigenvalue weighted by atomic mass is 10.6. The molecule has 0 aliphatic rings. The second-order valence-corrected chi connectivity index (χ2v) is 3.94. The average molecular weight is 142 g/mol. The summed E-state index contributed by atoms with van der Waals surface area (Å²) in [5, 5.41) is 0. The van der Waals surface area contributed by atoms with Crippen molar-refractivity contribution >= 4 is 19.7 Å². The van der Waals surface area contributed by atoms with Gasteiger partial charge in [0.1, 0.15) is 0 Å². The van der Waals surface area contributed by atoms with Crippen LogP contribution in [0.4, 0.5) is 0 Å². The molecule has 0 aromatic heterocycles. The van der Waals surface area contributed by atoms with Gasteiger partial charge in [0, 0.05) is 10.7 Å². The molecule has 43 valence electrons. The van der Waals surface area contributed by atoms with Crippen molar-refractivity contribution in [2.75, 3.05) is 5.75 Å². The number of hydrogen-bond acceptors (Lipinski definition) is 2. The molecule has 0 aliphatic carbocycles. The Morgan fingerprint density at radius 2 is 2.14 bits per heavy atom. The molecule has 0 saturated carbocycles. The fourth-order valence-corrected chi connectivity index (χ4v) is 0.975. The molecule has 2 nitrogen and oxygen atoms in total. The lowest BCUT2D eigenvalue weighted by molar-refractivity contribution is 0.611. The fraction of sp³-hybridized carbons (Fsp3) is 0.667. The van der Waals surface area contributed by atoms with Gasteiger partial charge in [-0.1, -0.05) is 6.92 Å². The Hall–Kier alpha value is 0.240. The van der Waals surface area contributed by atoms with Crippen LogP contribution in [-0.2, 0) is 9.05 Å². The maximum Gasteiger partial charge on any atom is 0.232 e. The third-order valence-electron chi connectivity index (χ3n) is 0.366. The Labute approximate surface area is 47.9 Å². The molecule has 0 aromatic carbocycles. The van der Waals surface area contributed by atoms with Gasteiger partial charge in [0.15, 0.2) is 0 Å². The molecule has 0 saturated heterocycles. The molecule has 0 N–H and O–H groups in total. The first-order valence-corrected chi connectivity index (χ1v) is 4.24. The predicted molar refractivity (Wildman–Crippen MR) is 29.6 cm³/mol. The van der Waals surface area contributed by atoms with Crippen LogP contribution in [0.2, 0.25) is 0 Å². The highest BCUT2D eigenvalue weighted by Gasteiger charge is 1.99. The molecule has 0 fully saturated rings. The van der Waals surface area contributed by atoms with Crippen molar-refractivity contribution in [1.82, 2.24) is 0 Å².